The molecule has 0 aliphatic rings. The van der Waals surface area contributed by atoms with Gasteiger partial charge in [0.1, 0.15) is 0 Å². The lowest BCUT2D eigenvalue weighted by Crippen LogP contribution is -2.13. The summed E-state index contributed by atoms with van der Waals surface area (Å²) in [5, 5.41) is 0. The first-order chi connectivity index (χ1) is 8.29. The second-order valence-electron chi connectivity index (χ2n) is 5.68. The highest BCUT2D eigenvalue weighted by molar-refractivity contribution is 4.68. The molecule has 0 aliphatic heterocycles. The molecule has 0 aromatic carbocycles. The van der Waals surface area contributed by atoms with Crippen LogP contribution >= 0.6 is 0 Å². The number of hydrogen-bond donors (Lipinski definition) is 0. The minimum atomic E-state index is 1.01. The van der Waals surface area contributed by atoms with E-state index in [1.54, 1.807) is 0 Å². The van der Waals surface area contributed by atoms with Gasteiger partial charge in [0.15, 0.2) is 0 Å². The van der Waals surface area contributed by atoms with E-state index in [1.807, 2.05) is 0 Å². The Morgan fingerprint density at radius 1 is 0.529 bits per heavy atom. The normalized spacial score (nSPS) is 14.8. The second kappa shape index (κ2) is 12.5. The third-order valence-corrected chi connectivity index (χ3v) is 4.32. The van der Waals surface area contributed by atoms with Crippen molar-refractivity contribution >= 4 is 0 Å². The fraction of sp³-hybridized carbons (Fsp3) is 1.00. The van der Waals surface area contributed by atoms with Gasteiger partial charge in [-0.1, -0.05) is 98.3 Å². The molecule has 0 aromatic rings. The van der Waals surface area contributed by atoms with E-state index >= 15 is 0 Å². The van der Waals surface area contributed by atoms with Crippen molar-refractivity contribution in [3.8, 4) is 0 Å². The summed E-state index contributed by atoms with van der Waals surface area (Å²) in [5.74, 6) is 2.01. The minimum Gasteiger partial charge on any atom is -0.0654 e. The van der Waals surface area contributed by atoms with Gasteiger partial charge in [-0.05, 0) is 11.8 Å². The molecule has 0 saturated heterocycles. The molecule has 17 heavy (non-hydrogen) atoms. The van der Waals surface area contributed by atoms with Crippen molar-refractivity contribution < 1.29 is 0 Å². The molecule has 0 fully saturated rings. The van der Waals surface area contributed by atoms with Crippen LogP contribution in [0.4, 0.5) is 0 Å². The highest BCUT2D eigenvalue weighted by atomic mass is 14.2. The first kappa shape index (κ1) is 17.0. The Labute approximate surface area is 111 Å². The Balaban J connectivity index is 3.77. The van der Waals surface area contributed by atoms with Crippen LogP contribution in [0.3, 0.4) is 0 Å². The smallest absolute Gasteiger partial charge is 0.0389 e. The van der Waals surface area contributed by atoms with E-state index in [9.17, 15) is 0 Å². The SMILES string of the molecule is CCCCCCCC(CC)C(CC)CCCC. The van der Waals surface area contributed by atoms with E-state index in [4.69, 9.17) is 0 Å². The summed E-state index contributed by atoms with van der Waals surface area (Å²) in [7, 11) is 0. The van der Waals surface area contributed by atoms with Gasteiger partial charge in [-0.15, -0.1) is 0 Å². The molecule has 0 amide bonds. The van der Waals surface area contributed by atoms with Crippen molar-refractivity contribution in [2.24, 2.45) is 11.8 Å². The van der Waals surface area contributed by atoms with Crippen molar-refractivity contribution in [3.63, 3.8) is 0 Å². The van der Waals surface area contributed by atoms with Gasteiger partial charge in [0.25, 0.3) is 0 Å². The monoisotopic (exact) mass is 240 g/mol. The zero-order chi connectivity index (χ0) is 12.9. The summed E-state index contributed by atoms with van der Waals surface area (Å²) in [6.45, 7) is 9.40. The summed E-state index contributed by atoms with van der Waals surface area (Å²) in [5.41, 5.74) is 0. The Kier molecular flexibility index (Phi) is 12.5. The highest BCUT2D eigenvalue weighted by Crippen LogP contribution is 2.29. The molecule has 0 radical (unpaired) electrons. The standard InChI is InChI=1S/C17H36/c1-5-9-11-12-13-15-17(8-4)16(7-3)14-10-6-2/h16-17H,5-15H2,1-4H3. The molecule has 0 rings (SSSR count). The fourth-order valence-electron chi connectivity index (χ4n) is 3.02. The molecular formula is C17H36. The molecule has 0 spiro atoms. The van der Waals surface area contributed by atoms with Crippen LogP contribution in [-0.4, -0.2) is 0 Å². The molecule has 0 heterocycles. The molecule has 0 N–H and O–H groups in total. The molecule has 0 aromatic heterocycles. The molecular weight excluding hydrogens is 204 g/mol. The van der Waals surface area contributed by atoms with Crippen LogP contribution < -0.4 is 0 Å². The average molecular weight is 240 g/mol. The second-order valence-corrected chi connectivity index (χ2v) is 5.68. The summed E-state index contributed by atoms with van der Waals surface area (Å²) < 4.78 is 0. The molecule has 0 saturated carbocycles. The fourth-order valence-corrected chi connectivity index (χ4v) is 3.02. The molecule has 0 nitrogen and oxygen atoms in total. The maximum atomic E-state index is 2.39. The predicted molar refractivity (Wildman–Crippen MR) is 80.5 cm³/mol. The molecule has 104 valence electrons. The van der Waals surface area contributed by atoms with Crippen LogP contribution in [0.15, 0.2) is 0 Å². The van der Waals surface area contributed by atoms with Crippen LogP contribution in [0, 0.1) is 11.8 Å². The molecule has 0 heteroatoms. The van der Waals surface area contributed by atoms with E-state index in [-0.39, 0.29) is 0 Å². The zero-order valence-electron chi connectivity index (χ0n) is 12.9. The molecule has 2 unspecified atom stereocenters. The Morgan fingerprint density at radius 3 is 1.47 bits per heavy atom. The van der Waals surface area contributed by atoms with Gasteiger partial charge in [0, 0.05) is 0 Å². The Morgan fingerprint density at radius 2 is 1.00 bits per heavy atom. The maximum absolute atomic E-state index is 2.39. The minimum absolute atomic E-state index is 1.01. The van der Waals surface area contributed by atoms with Gasteiger partial charge in [-0.3, -0.25) is 0 Å². The van der Waals surface area contributed by atoms with E-state index < -0.39 is 0 Å². The van der Waals surface area contributed by atoms with Gasteiger partial charge < -0.3 is 0 Å². The first-order valence-corrected chi connectivity index (χ1v) is 8.29. The van der Waals surface area contributed by atoms with Gasteiger partial charge >= 0.3 is 0 Å². The summed E-state index contributed by atoms with van der Waals surface area (Å²) >= 11 is 0. The van der Waals surface area contributed by atoms with E-state index in [0.717, 1.165) is 11.8 Å². The maximum Gasteiger partial charge on any atom is -0.0389 e. The zero-order valence-corrected chi connectivity index (χ0v) is 12.9. The molecule has 2 atom stereocenters. The van der Waals surface area contributed by atoms with Crippen molar-refractivity contribution in [1.29, 1.82) is 0 Å². The number of hydrogen-bond acceptors (Lipinski definition) is 0. The van der Waals surface area contributed by atoms with Crippen LogP contribution in [0.25, 0.3) is 0 Å². The van der Waals surface area contributed by atoms with E-state index in [1.165, 1.54) is 70.6 Å². The lowest BCUT2D eigenvalue weighted by molar-refractivity contribution is 0.265. The average Bonchev–Trinajstić information content (AvgIpc) is 2.36. The van der Waals surface area contributed by atoms with Gasteiger partial charge in [-0.25, -0.2) is 0 Å². The molecule has 0 bridgehead atoms. The largest absolute Gasteiger partial charge is 0.0654 e. The summed E-state index contributed by atoms with van der Waals surface area (Å²) in [4.78, 5) is 0. The highest BCUT2D eigenvalue weighted by Gasteiger charge is 2.17. The van der Waals surface area contributed by atoms with Crippen LogP contribution in [-0.2, 0) is 0 Å². The van der Waals surface area contributed by atoms with E-state index in [2.05, 4.69) is 27.7 Å². The van der Waals surface area contributed by atoms with Crippen LogP contribution in [0.2, 0.25) is 0 Å². The summed E-state index contributed by atoms with van der Waals surface area (Å²) in [6.07, 6.45) is 15.8. The third-order valence-electron chi connectivity index (χ3n) is 4.32. The van der Waals surface area contributed by atoms with Crippen LogP contribution in [0.5, 0.6) is 0 Å². The van der Waals surface area contributed by atoms with Gasteiger partial charge in [0.2, 0.25) is 0 Å². The number of unbranched alkanes of at least 4 members (excludes halogenated alkanes) is 5. The van der Waals surface area contributed by atoms with E-state index in [0.29, 0.717) is 0 Å². The van der Waals surface area contributed by atoms with Gasteiger partial charge in [-0.2, -0.15) is 0 Å². The molecule has 0 aliphatic carbocycles. The lowest BCUT2D eigenvalue weighted by atomic mass is 9.81. The van der Waals surface area contributed by atoms with Crippen molar-refractivity contribution in [2.45, 2.75) is 98.3 Å². The lowest BCUT2D eigenvalue weighted by Gasteiger charge is -2.25. The Bertz CT molecular complexity index is 139. The van der Waals surface area contributed by atoms with Gasteiger partial charge in [0.05, 0.1) is 0 Å². The van der Waals surface area contributed by atoms with Crippen LogP contribution in [0.1, 0.15) is 98.3 Å². The van der Waals surface area contributed by atoms with Crippen molar-refractivity contribution in [2.75, 3.05) is 0 Å². The summed E-state index contributed by atoms with van der Waals surface area (Å²) in [6, 6.07) is 0. The third kappa shape index (κ3) is 8.69. The topological polar surface area (TPSA) is 0 Å². The first-order valence-electron chi connectivity index (χ1n) is 8.29. The predicted octanol–water partition coefficient (Wildman–Crippen LogP) is 6.59. The number of rotatable bonds is 12. The quantitative estimate of drug-likeness (QED) is 0.338. The van der Waals surface area contributed by atoms with Crippen molar-refractivity contribution in [1.82, 2.24) is 0 Å². The Hall–Kier alpha value is 0. The van der Waals surface area contributed by atoms with Crippen molar-refractivity contribution in [3.05, 3.63) is 0 Å².